The number of methoxy groups -OCH3 is 1. The topological polar surface area (TPSA) is 35.0 Å². The summed E-state index contributed by atoms with van der Waals surface area (Å²) >= 11 is 11.6. The van der Waals surface area contributed by atoms with Gasteiger partial charge in [0.2, 0.25) is 5.88 Å². The first-order valence-electron chi connectivity index (χ1n) is 5.64. The molecule has 1 aromatic heterocycles. The number of aromatic nitrogens is 2. The third-order valence-corrected chi connectivity index (χ3v) is 3.35. The summed E-state index contributed by atoms with van der Waals surface area (Å²) in [6, 6.07) is 3.48. The standard InChI is InChI=1S/C13H10Cl2F2N2O/c1-20-13-3-7(18-6-19-13)2-9(14)8-4-12(17)10(15)5-11(8)16/h3-6,9H,2H2,1H3. The molecular weight excluding hydrogens is 309 g/mol. The first kappa shape index (κ1) is 14.9. The lowest BCUT2D eigenvalue weighted by Gasteiger charge is -2.11. The van der Waals surface area contributed by atoms with Gasteiger partial charge in [0.05, 0.1) is 17.5 Å². The Kier molecular flexibility index (Phi) is 4.73. The molecule has 2 aromatic rings. The Morgan fingerprint density at radius 3 is 2.65 bits per heavy atom. The van der Waals surface area contributed by atoms with Crippen molar-refractivity contribution < 1.29 is 13.5 Å². The Hall–Kier alpha value is -1.46. The number of hydrogen-bond acceptors (Lipinski definition) is 3. The summed E-state index contributed by atoms with van der Waals surface area (Å²) in [6.45, 7) is 0. The van der Waals surface area contributed by atoms with Gasteiger partial charge in [-0.1, -0.05) is 11.6 Å². The lowest BCUT2D eigenvalue weighted by molar-refractivity contribution is 0.396. The Balaban J connectivity index is 2.23. The van der Waals surface area contributed by atoms with E-state index in [-0.39, 0.29) is 17.0 Å². The largest absolute Gasteiger partial charge is 0.481 e. The zero-order valence-electron chi connectivity index (χ0n) is 10.4. The number of benzene rings is 1. The molecule has 20 heavy (non-hydrogen) atoms. The fourth-order valence-corrected chi connectivity index (χ4v) is 2.15. The molecule has 3 nitrogen and oxygen atoms in total. The van der Waals surface area contributed by atoms with E-state index in [4.69, 9.17) is 27.9 Å². The molecule has 0 aliphatic heterocycles. The van der Waals surface area contributed by atoms with Crippen molar-refractivity contribution in [3.05, 3.63) is 52.4 Å². The van der Waals surface area contributed by atoms with E-state index in [1.165, 1.54) is 13.4 Å². The third kappa shape index (κ3) is 3.35. The summed E-state index contributed by atoms with van der Waals surface area (Å²) in [5.41, 5.74) is 0.595. The van der Waals surface area contributed by atoms with Gasteiger partial charge in [-0.3, -0.25) is 0 Å². The number of halogens is 4. The van der Waals surface area contributed by atoms with Crippen LogP contribution in [-0.4, -0.2) is 17.1 Å². The van der Waals surface area contributed by atoms with Crippen LogP contribution in [-0.2, 0) is 6.42 Å². The molecule has 0 saturated carbocycles. The average molecular weight is 319 g/mol. The van der Waals surface area contributed by atoms with Crippen molar-refractivity contribution in [3.63, 3.8) is 0 Å². The van der Waals surface area contributed by atoms with E-state index in [1.807, 2.05) is 0 Å². The second-order valence-electron chi connectivity index (χ2n) is 4.01. The quantitative estimate of drug-likeness (QED) is 0.632. The van der Waals surface area contributed by atoms with Gasteiger partial charge in [-0.2, -0.15) is 0 Å². The van der Waals surface area contributed by atoms with Crippen LogP contribution in [0.4, 0.5) is 8.78 Å². The zero-order valence-corrected chi connectivity index (χ0v) is 11.9. The summed E-state index contributed by atoms with van der Waals surface area (Å²) in [5, 5.41) is -1.06. The lowest BCUT2D eigenvalue weighted by Crippen LogP contribution is -2.03. The van der Waals surface area contributed by atoms with E-state index in [0.717, 1.165) is 12.1 Å². The highest BCUT2D eigenvalue weighted by Gasteiger charge is 2.17. The van der Waals surface area contributed by atoms with Gasteiger partial charge in [0.25, 0.3) is 0 Å². The fourth-order valence-electron chi connectivity index (χ4n) is 1.67. The monoisotopic (exact) mass is 318 g/mol. The Morgan fingerprint density at radius 1 is 1.20 bits per heavy atom. The number of alkyl halides is 1. The smallest absolute Gasteiger partial charge is 0.216 e. The second-order valence-corrected chi connectivity index (χ2v) is 4.95. The molecule has 1 unspecified atom stereocenters. The molecule has 0 bridgehead atoms. The lowest BCUT2D eigenvalue weighted by atomic mass is 10.1. The Morgan fingerprint density at radius 2 is 1.95 bits per heavy atom. The van der Waals surface area contributed by atoms with Gasteiger partial charge in [-0.15, -0.1) is 11.6 Å². The van der Waals surface area contributed by atoms with Crippen LogP contribution in [0.1, 0.15) is 16.6 Å². The molecule has 0 saturated heterocycles. The van der Waals surface area contributed by atoms with Crippen molar-refractivity contribution in [2.45, 2.75) is 11.8 Å². The molecule has 1 aromatic carbocycles. The number of ether oxygens (including phenoxy) is 1. The van der Waals surface area contributed by atoms with E-state index >= 15 is 0 Å². The first-order valence-corrected chi connectivity index (χ1v) is 6.46. The number of rotatable bonds is 4. The second kappa shape index (κ2) is 6.33. The molecule has 106 valence electrons. The van der Waals surface area contributed by atoms with Gasteiger partial charge < -0.3 is 4.74 Å². The minimum Gasteiger partial charge on any atom is -0.481 e. The van der Waals surface area contributed by atoms with Crippen molar-refractivity contribution in [1.29, 1.82) is 0 Å². The number of hydrogen-bond donors (Lipinski definition) is 0. The number of nitrogens with zero attached hydrogens (tertiary/aromatic N) is 2. The molecule has 1 heterocycles. The maximum atomic E-state index is 13.7. The molecule has 2 rings (SSSR count). The van der Waals surface area contributed by atoms with Crippen molar-refractivity contribution >= 4 is 23.2 Å². The van der Waals surface area contributed by atoms with Gasteiger partial charge in [0.1, 0.15) is 18.0 Å². The van der Waals surface area contributed by atoms with Crippen LogP contribution in [0, 0.1) is 11.6 Å². The molecule has 0 aliphatic rings. The Bertz CT molecular complexity index is 625. The van der Waals surface area contributed by atoms with Gasteiger partial charge in [0.15, 0.2) is 0 Å². The zero-order chi connectivity index (χ0) is 14.7. The molecule has 0 radical (unpaired) electrons. The molecule has 0 aliphatic carbocycles. The highest BCUT2D eigenvalue weighted by Crippen LogP contribution is 2.30. The van der Waals surface area contributed by atoms with Crippen LogP contribution in [0.25, 0.3) is 0 Å². The summed E-state index contributed by atoms with van der Waals surface area (Å²) < 4.78 is 32.1. The normalized spacial score (nSPS) is 12.2. The van der Waals surface area contributed by atoms with E-state index in [0.29, 0.717) is 11.6 Å². The van der Waals surface area contributed by atoms with E-state index in [2.05, 4.69) is 9.97 Å². The Labute approximate surface area is 124 Å². The summed E-state index contributed by atoms with van der Waals surface area (Å²) in [6.07, 6.45) is 1.52. The fraction of sp³-hybridized carbons (Fsp3) is 0.231. The van der Waals surface area contributed by atoms with Crippen LogP contribution in [0.2, 0.25) is 5.02 Å². The van der Waals surface area contributed by atoms with Crippen LogP contribution < -0.4 is 4.74 Å². The predicted molar refractivity (Wildman–Crippen MR) is 72.3 cm³/mol. The maximum absolute atomic E-state index is 13.7. The molecule has 0 amide bonds. The van der Waals surface area contributed by atoms with Gasteiger partial charge in [0, 0.05) is 23.7 Å². The first-order chi connectivity index (χ1) is 9.51. The van der Waals surface area contributed by atoms with Crippen molar-refractivity contribution in [2.24, 2.45) is 0 Å². The van der Waals surface area contributed by atoms with Crippen LogP contribution in [0.15, 0.2) is 24.5 Å². The van der Waals surface area contributed by atoms with E-state index < -0.39 is 17.0 Å². The third-order valence-electron chi connectivity index (χ3n) is 2.67. The van der Waals surface area contributed by atoms with Gasteiger partial charge in [-0.25, -0.2) is 18.7 Å². The summed E-state index contributed by atoms with van der Waals surface area (Å²) in [7, 11) is 1.47. The molecule has 1 atom stereocenters. The van der Waals surface area contributed by atoms with Gasteiger partial charge in [-0.05, 0) is 12.1 Å². The summed E-state index contributed by atoms with van der Waals surface area (Å²) in [5.74, 6) is -0.993. The average Bonchev–Trinajstić information content (AvgIpc) is 2.43. The maximum Gasteiger partial charge on any atom is 0.216 e. The van der Waals surface area contributed by atoms with E-state index in [1.54, 1.807) is 6.07 Å². The highest BCUT2D eigenvalue weighted by molar-refractivity contribution is 6.30. The molecule has 0 spiro atoms. The molecular formula is C13H10Cl2F2N2O. The van der Waals surface area contributed by atoms with Crippen molar-refractivity contribution in [1.82, 2.24) is 9.97 Å². The molecule has 7 heteroatoms. The highest BCUT2D eigenvalue weighted by atomic mass is 35.5. The van der Waals surface area contributed by atoms with Crippen LogP contribution >= 0.6 is 23.2 Å². The minimum absolute atomic E-state index is 0.0335. The predicted octanol–water partition coefficient (Wildman–Crippen LogP) is 3.94. The van der Waals surface area contributed by atoms with Crippen molar-refractivity contribution in [3.8, 4) is 5.88 Å². The van der Waals surface area contributed by atoms with Crippen molar-refractivity contribution in [2.75, 3.05) is 7.11 Å². The van der Waals surface area contributed by atoms with Crippen LogP contribution in [0.3, 0.4) is 0 Å². The minimum atomic E-state index is -0.777. The van der Waals surface area contributed by atoms with Gasteiger partial charge >= 0.3 is 0 Å². The molecule has 0 N–H and O–H groups in total. The SMILES string of the molecule is COc1cc(CC(Cl)c2cc(F)c(Cl)cc2F)ncn1. The van der Waals surface area contributed by atoms with Crippen LogP contribution in [0.5, 0.6) is 5.88 Å². The molecule has 0 fully saturated rings. The van der Waals surface area contributed by atoms with E-state index in [9.17, 15) is 8.78 Å². The summed E-state index contributed by atoms with van der Waals surface area (Å²) in [4.78, 5) is 7.86.